The summed E-state index contributed by atoms with van der Waals surface area (Å²) in [5, 5.41) is 0. The fraction of sp³-hybridized carbons (Fsp3) is 0.714. The van der Waals surface area contributed by atoms with Gasteiger partial charge in [0, 0.05) is 11.8 Å². The van der Waals surface area contributed by atoms with Crippen LogP contribution in [0.1, 0.15) is 51.5 Å². The van der Waals surface area contributed by atoms with Crippen molar-refractivity contribution >= 4 is 12.2 Å². The number of aromatic amines is 2. The van der Waals surface area contributed by atoms with E-state index in [-0.39, 0.29) is 17.1 Å². The van der Waals surface area contributed by atoms with Gasteiger partial charge in [-0.05, 0) is 44.8 Å². The zero-order valence-corrected chi connectivity index (χ0v) is 12.4. The molecule has 0 aromatic carbocycles. The van der Waals surface area contributed by atoms with Gasteiger partial charge in [-0.25, -0.2) is 0 Å². The van der Waals surface area contributed by atoms with E-state index in [1.54, 1.807) is 0 Å². The van der Waals surface area contributed by atoms with Gasteiger partial charge in [-0.2, -0.15) is 0 Å². The van der Waals surface area contributed by atoms with Gasteiger partial charge in [-0.3, -0.25) is 9.78 Å². The first-order valence-corrected chi connectivity index (χ1v) is 7.35. The molecule has 5 heteroatoms. The summed E-state index contributed by atoms with van der Waals surface area (Å²) in [6.45, 7) is 6.49. The predicted molar refractivity (Wildman–Crippen MR) is 76.2 cm³/mol. The summed E-state index contributed by atoms with van der Waals surface area (Å²) in [7, 11) is 0. The van der Waals surface area contributed by atoms with Gasteiger partial charge in [-0.1, -0.05) is 13.3 Å². The molecule has 0 radical (unpaired) electrons. The Bertz CT molecular complexity index is 617. The smallest absolute Gasteiger partial charge is 0.259 e. The summed E-state index contributed by atoms with van der Waals surface area (Å²) < 4.78 is 6.38. The largest absolute Gasteiger partial charge is 0.472 e. The molecule has 0 bridgehead atoms. The Kier molecular flexibility index (Phi) is 2.85. The van der Waals surface area contributed by atoms with Crippen LogP contribution in [0.15, 0.2) is 4.79 Å². The maximum atomic E-state index is 12.2. The third-order valence-electron chi connectivity index (χ3n) is 4.68. The van der Waals surface area contributed by atoms with Crippen LogP contribution in [0, 0.1) is 16.6 Å². The van der Waals surface area contributed by atoms with Crippen molar-refractivity contribution in [1.82, 2.24) is 9.97 Å². The van der Waals surface area contributed by atoms with Gasteiger partial charge in [0.05, 0.1) is 5.56 Å². The minimum absolute atomic E-state index is 0.0849. The monoisotopic (exact) mass is 280 g/mol. The number of hydrogen-bond acceptors (Lipinski definition) is 3. The molecular weight excluding hydrogens is 260 g/mol. The molecule has 1 aliphatic carbocycles. The molecule has 1 fully saturated rings. The maximum absolute atomic E-state index is 12.2. The summed E-state index contributed by atoms with van der Waals surface area (Å²) in [5.41, 5.74) is 0.437. The molecule has 1 saturated carbocycles. The van der Waals surface area contributed by atoms with Crippen molar-refractivity contribution in [3.63, 3.8) is 0 Å². The van der Waals surface area contributed by atoms with Crippen LogP contribution in [0.5, 0.6) is 5.88 Å². The summed E-state index contributed by atoms with van der Waals surface area (Å²) in [4.78, 5) is 17.9. The number of H-pyrrole nitrogens is 2. The Labute approximate surface area is 117 Å². The van der Waals surface area contributed by atoms with Crippen LogP contribution in [-0.2, 0) is 0 Å². The van der Waals surface area contributed by atoms with Gasteiger partial charge < -0.3 is 9.72 Å². The van der Waals surface area contributed by atoms with Crippen molar-refractivity contribution in [2.24, 2.45) is 11.8 Å². The molecule has 2 aliphatic rings. The van der Waals surface area contributed by atoms with Crippen LogP contribution in [0.3, 0.4) is 0 Å². The molecule has 3 atom stereocenters. The van der Waals surface area contributed by atoms with E-state index >= 15 is 0 Å². The highest BCUT2D eigenvalue weighted by Crippen LogP contribution is 2.50. The molecule has 2 N–H and O–H groups in total. The zero-order chi connectivity index (χ0) is 13.8. The molecular formula is C14H20N2O2S. The Hall–Kier alpha value is -1.10. The van der Waals surface area contributed by atoms with Crippen molar-refractivity contribution in [3.05, 3.63) is 20.7 Å². The highest BCUT2D eigenvalue weighted by atomic mass is 32.1. The van der Waals surface area contributed by atoms with E-state index in [0.29, 0.717) is 22.5 Å². The normalized spacial score (nSPS) is 32.1. The Morgan fingerprint density at radius 2 is 2.05 bits per heavy atom. The van der Waals surface area contributed by atoms with E-state index < -0.39 is 0 Å². The van der Waals surface area contributed by atoms with E-state index in [1.165, 1.54) is 6.42 Å². The van der Waals surface area contributed by atoms with E-state index in [9.17, 15) is 4.79 Å². The summed E-state index contributed by atoms with van der Waals surface area (Å²) in [6.07, 6.45) is 3.38. The lowest BCUT2D eigenvalue weighted by atomic mass is 9.65. The standard InChI is InChI=1S/C14H20N2O2S/c1-7-4-5-9-8(6-7)10-11(17)15-13(19)16-12(10)18-14(9,2)3/h7-9H,4-6H2,1-3H3,(H2,15,16,17,19)/t7-,8+,9+/m1/s1. The highest BCUT2D eigenvalue weighted by Gasteiger charge is 2.47. The molecule has 0 saturated heterocycles. The van der Waals surface area contributed by atoms with Crippen LogP contribution in [0.25, 0.3) is 0 Å². The fourth-order valence-electron chi connectivity index (χ4n) is 3.76. The van der Waals surface area contributed by atoms with Gasteiger partial charge in [0.2, 0.25) is 5.88 Å². The molecule has 0 amide bonds. The van der Waals surface area contributed by atoms with Crippen molar-refractivity contribution in [2.45, 2.75) is 51.6 Å². The SMILES string of the molecule is C[C@@H]1CC[C@H]2[C@H](C1)c1c([nH]c(=S)[nH]c1=O)OC2(C)C. The molecule has 0 spiro atoms. The second kappa shape index (κ2) is 4.20. The van der Waals surface area contributed by atoms with Gasteiger partial charge in [0.25, 0.3) is 5.56 Å². The van der Waals surface area contributed by atoms with E-state index in [1.807, 2.05) is 0 Å². The highest BCUT2D eigenvalue weighted by molar-refractivity contribution is 7.71. The fourth-order valence-corrected chi connectivity index (χ4v) is 3.95. The minimum atomic E-state index is -0.246. The number of rotatable bonds is 0. The first-order chi connectivity index (χ1) is 8.88. The van der Waals surface area contributed by atoms with E-state index in [4.69, 9.17) is 17.0 Å². The molecule has 0 unspecified atom stereocenters. The lowest BCUT2D eigenvalue weighted by Gasteiger charge is -2.47. The number of aromatic nitrogens is 2. The van der Waals surface area contributed by atoms with Crippen LogP contribution in [0.2, 0.25) is 0 Å². The van der Waals surface area contributed by atoms with Crippen molar-refractivity contribution in [3.8, 4) is 5.88 Å². The maximum Gasteiger partial charge on any atom is 0.259 e. The first kappa shape index (κ1) is 12.9. The first-order valence-electron chi connectivity index (χ1n) is 6.94. The number of nitrogens with one attached hydrogen (secondary N) is 2. The number of hydrogen-bond donors (Lipinski definition) is 2. The molecule has 1 aliphatic heterocycles. The zero-order valence-electron chi connectivity index (χ0n) is 11.6. The molecule has 3 rings (SSSR count). The molecule has 1 aromatic rings. The van der Waals surface area contributed by atoms with Gasteiger partial charge in [0.1, 0.15) is 5.60 Å². The molecule has 1 aromatic heterocycles. The van der Waals surface area contributed by atoms with Crippen LogP contribution in [0.4, 0.5) is 0 Å². The average Bonchev–Trinajstić information content (AvgIpc) is 2.25. The van der Waals surface area contributed by atoms with Crippen LogP contribution < -0.4 is 10.3 Å². The number of fused-ring (bicyclic) bond motifs is 3. The Morgan fingerprint density at radius 1 is 1.32 bits per heavy atom. The van der Waals surface area contributed by atoms with Crippen molar-refractivity contribution in [1.29, 1.82) is 0 Å². The van der Waals surface area contributed by atoms with Crippen molar-refractivity contribution in [2.75, 3.05) is 0 Å². The van der Waals surface area contributed by atoms with E-state index in [2.05, 4.69) is 30.7 Å². The summed E-state index contributed by atoms with van der Waals surface area (Å²) in [6, 6.07) is 0. The second-order valence-corrected chi connectivity index (χ2v) is 6.90. The minimum Gasteiger partial charge on any atom is -0.472 e. The predicted octanol–water partition coefficient (Wildman–Crippen LogP) is 3.12. The third kappa shape index (κ3) is 2.04. The molecule has 4 nitrogen and oxygen atoms in total. The van der Waals surface area contributed by atoms with Crippen LogP contribution in [-0.4, -0.2) is 15.6 Å². The number of ether oxygens (including phenoxy) is 1. The Balaban J connectivity index is 2.18. The van der Waals surface area contributed by atoms with Gasteiger partial charge >= 0.3 is 0 Å². The second-order valence-electron chi connectivity index (χ2n) is 6.49. The van der Waals surface area contributed by atoms with Crippen LogP contribution >= 0.6 is 12.2 Å². The van der Waals surface area contributed by atoms with Gasteiger partial charge in [-0.15, -0.1) is 0 Å². The topological polar surface area (TPSA) is 57.9 Å². The van der Waals surface area contributed by atoms with E-state index in [0.717, 1.165) is 18.4 Å². The summed E-state index contributed by atoms with van der Waals surface area (Å²) in [5.74, 6) is 1.92. The summed E-state index contributed by atoms with van der Waals surface area (Å²) >= 11 is 5.04. The Morgan fingerprint density at radius 3 is 2.79 bits per heavy atom. The lowest BCUT2D eigenvalue weighted by molar-refractivity contribution is -0.0186. The third-order valence-corrected chi connectivity index (χ3v) is 4.89. The molecule has 2 heterocycles. The molecule has 19 heavy (non-hydrogen) atoms. The van der Waals surface area contributed by atoms with Gasteiger partial charge in [0.15, 0.2) is 4.77 Å². The lowest BCUT2D eigenvalue weighted by Crippen LogP contribution is -2.48. The van der Waals surface area contributed by atoms with Crippen molar-refractivity contribution < 1.29 is 4.74 Å². The average molecular weight is 280 g/mol. The molecule has 104 valence electrons. The quantitative estimate of drug-likeness (QED) is 0.718.